The van der Waals surface area contributed by atoms with E-state index >= 15 is 0 Å². The second-order valence-corrected chi connectivity index (χ2v) is 6.54. The van der Waals surface area contributed by atoms with E-state index in [0.29, 0.717) is 23.0 Å². The zero-order chi connectivity index (χ0) is 14.6. The van der Waals surface area contributed by atoms with Gasteiger partial charge in [0.25, 0.3) is 5.91 Å². The van der Waals surface area contributed by atoms with Crippen molar-refractivity contribution >= 4 is 29.1 Å². The molecule has 1 aromatic carbocycles. The van der Waals surface area contributed by atoms with E-state index in [1.807, 2.05) is 13.0 Å². The van der Waals surface area contributed by atoms with Gasteiger partial charge in [0, 0.05) is 28.4 Å². The van der Waals surface area contributed by atoms with E-state index in [0.717, 1.165) is 18.4 Å². The molecule has 1 N–H and O–H groups in total. The van der Waals surface area contributed by atoms with Crippen LogP contribution in [-0.2, 0) is 0 Å². The van der Waals surface area contributed by atoms with Gasteiger partial charge in [-0.3, -0.25) is 4.79 Å². The van der Waals surface area contributed by atoms with Crippen LogP contribution in [0.1, 0.15) is 48.0 Å². The fourth-order valence-corrected chi connectivity index (χ4v) is 3.49. The van der Waals surface area contributed by atoms with Crippen LogP contribution < -0.4 is 5.32 Å². The van der Waals surface area contributed by atoms with Crippen molar-refractivity contribution in [2.75, 3.05) is 12.4 Å². The van der Waals surface area contributed by atoms with Gasteiger partial charge in [0.1, 0.15) is 0 Å². The van der Waals surface area contributed by atoms with Gasteiger partial charge in [-0.25, -0.2) is 0 Å². The normalized spacial score (nSPS) is 17.8. The van der Waals surface area contributed by atoms with Crippen LogP contribution in [0.15, 0.2) is 18.2 Å². The highest BCUT2D eigenvalue weighted by atomic mass is 35.5. The van der Waals surface area contributed by atoms with Gasteiger partial charge in [-0.05, 0) is 43.5 Å². The summed E-state index contributed by atoms with van der Waals surface area (Å²) in [6, 6.07) is 5.34. The van der Waals surface area contributed by atoms with Crippen LogP contribution in [0.5, 0.6) is 0 Å². The summed E-state index contributed by atoms with van der Waals surface area (Å²) < 4.78 is 0. The van der Waals surface area contributed by atoms with Crippen LogP contribution in [0.4, 0.5) is 0 Å². The third-order valence-electron chi connectivity index (χ3n) is 4.25. The summed E-state index contributed by atoms with van der Waals surface area (Å²) in [6.07, 6.45) is 5.92. The molecular formula is C16H21Cl2NO. The number of aryl methyl sites for hydroxylation is 1. The molecule has 1 aliphatic carbocycles. The number of carbonyl (C=O) groups is 1. The van der Waals surface area contributed by atoms with E-state index in [4.69, 9.17) is 23.2 Å². The number of alkyl halides is 1. The van der Waals surface area contributed by atoms with Gasteiger partial charge in [-0.15, -0.1) is 11.6 Å². The molecule has 1 amide bonds. The van der Waals surface area contributed by atoms with Gasteiger partial charge >= 0.3 is 0 Å². The summed E-state index contributed by atoms with van der Waals surface area (Å²) in [5.41, 5.74) is 1.67. The number of rotatable bonds is 4. The van der Waals surface area contributed by atoms with Gasteiger partial charge in [0.05, 0.1) is 0 Å². The van der Waals surface area contributed by atoms with E-state index < -0.39 is 0 Å². The first kappa shape index (κ1) is 15.7. The molecule has 110 valence electrons. The van der Waals surface area contributed by atoms with E-state index in [-0.39, 0.29) is 11.3 Å². The highest BCUT2D eigenvalue weighted by Gasteiger charge is 2.31. The monoisotopic (exact) mass is 313 g/mol. The summed E-state index contributed by atoms with van der Waals surface area (Å²) in [5.74, 6) is 0.585. The Morgan fingerprint density at radius 3 is 2.60 bits per heavy atom. The molecule has 1 saturated carbocycles. The number of carbonyl (C=O) groups excluding carboxylic acids is 1. The Kier molecular flexibility index (Phi) is 5.34. The van der Waals surface area contributed by atoms with Gasteiger partial charge in [0.2, 0.25) is 0 Å². The van der Waals surface area contributed by atoms with E-state index in [1.165, 1.54) is 19.3 Å². The van der Waals surface area contributed by atoms with Crippen molar-refractivity contribution < 1.29 is 4.79 Å². The lowest BCUT2D eigenvalue weighted by molar-refractivity contribution is 0.0920. The Hall–Kier alpha value is -0.730. The lowest BCUT2D eigenvalue weighted by Crippen LogP contribution is -2.40. The Labute approximate surface area is 130 Å². The first-order valence-electron chi connectivity index (χ1n) is 7.17. The van der Waals surface area contributed by atoms with Gasteiger partial charge in [0.15, 0.2) is 0 Å². The zero-order valence-corrected chi connectivity index (χ0v) is 13.4. The fraction of sp³-hybridized carbons (Fsp3) is 0.562. The largest absolute Gasteiger partial charge is 0.351 e. The van der Waals surface area contributed by atoms with E-state index in [1.54, 1.807) is 12.1 Å². The molecule has 4 heteroatoms. The van der Waals surface area contributed by atoms with Crippen LogP contribution in [0, 0.1) is 12.3 Å². The average Bonchev–Trinajstić information content (AvgIpc) is 2.46. The first-order chi connectivity index (χ1) is 9.56. The smallest absolute Gasteiger partial charge is 0.251 e. The second kappa shape index (κ2) is 6.82. The predicted molar refractivity (Wildman–Crippen MR) is 84.8 cm³/mol. The highest BCUT2D eigenvalue weighted by molar-refractivity contribution is 6.30. The average molecular weight is 314 g/mol. The van der Waals surface area contributed by atoms with Crippen molar-refractivity contribution in [3.8, 4) is 0 Å². The standard InChI is InChI=1S/C16H21Cl2NO/c1-12-9-13(18)5-6-14(12)15(20)19-11-16(10-17)7-3-2-4-8-16/h5-6,9H,2-4,7-8,10-11H2,1H3,(H,19,20). The summed E-state index contributed by atoms with van der Waals surface area (Å²) in [7, 11) is 0. The Balaban J connectivity index is 2.00. The highest BCUT2D eigenvalue weighted by Crippen LogP contribution is 2.36. The van der Waals surface area contributed by atoms with Crippen molar-refractivity contribution in [3.05, 3.63) is 34.3 Å². The zero-order valence-electron chi connectivity index (χ0n) is 11.8. The Morgan fingerprint density at radius 2 is 2.00 bits per heavy atom. The lowest BCUT2D eigenvalue weighted by atomic mass is 9.75. The van der Waals surface area contributed by atoms with E-state index in [2.05, 4.69) is 5.32 Å². The summed E-state index contributed by atoms with van der Waals surface area (Å²) in [4.78, 5) is 12.3. The molecule has 0 unspecified atom stereocenters. The quantitative estimate of drug-likeness (QED) is 0.811. The van der Waals surface area contributed by atoms with Crippen molar-refractivity contribution in [2.24, 2.45) is 5.41 Å². The van der Waals surface area contributed by atoms with Crippen molar-refractivity contribution in [1.29, 1.82) is 0 Å². The number of nitrogens with one attached hydrogen (secondary N) is 1. The summed E-state index contributed by atoms with van der Waals surface area (Å²) in [5, 5.41) is 3.71. The maximum Gasteiger partial charge on any atom is 0.251 e. The third kappa shape index (κ3) is 3.67. The minimum Gasteiger partial charge on any atom is -0.351 e. The maximum absolute atomic E-state index is 12.3. The molecule has 1 aromatic rings. The second-order valence-electron chi connectivity index (χ2n) is 5.84. The molecule has 0 heterocycles. The number of benzene rings is 1. The van der Waals surface area contributed by atoms with Crippen LogP contribution in [0.2, 0.25) is 5.02 Å². The maximum atomic E-state index is 12.3. The molecule has 1 fully saturated rings. The summed E-state index contributed by atoms with van der Waals surface area (Å²) in [6.45, 7) is 2.57. The molecule has 0 bridgehead atoms. The molecule has 0 aromatic heterocycles. The van der Waals surface area contributed by atoms with Gasteiger partial charge in [-0.1, -0.05) is 30.9 Å². The van der Waals surface area contributed by atoms with Gasteiger partial charge in [-0.2, -0.15) is 0 Å². The van der Waals surface area contributed by atoms with Crippen LogP contribution >= 0.6 is 23.2 Å². The predicted octanol–water partition coefficient (Wildman–Crippen LogP) is 4.57. The summed E-state index contributed by atoms with van der Waals surface area (Å²) >= 11 is 12.1. The molecule has 0 aliphatic heterocycles. The Morgan fingerprint density at radius 1 is 1.30 bits per heavy atom. The minimum atomic E-state index is -0.0331. The molecule has 0 radical (unpaired) electrons. The molecule has 1 aliphatic rings. The van der Waals surface area contributed by atoms with Crippen LogP contribution in [0.3, 0.4) is 0 Å². The first-order valence-corrected chi connectivity index (χ1v) is 8.08. The molecule has 2 nitrogen and oxygen atoms in total. The third-order valence-corrected chi connectivity index (χ3v) is 5.06. The Bertz CT molecular complexity index is 481. The molecule has 0 atom stereocenters. The van der Waals surface area contributed by atoms with Crippen LogP contribution in [-0.4, -0.2) is 18.3 Å². The lowest BCUT2D eigenvalue weighted by Gasteiger charge is -2.35. The molecule has 0 saturated heterocycles. The minimum absolute atomic E-state index is 0.0331. The van der Waals surface area contributed by atoms with Crippen molar-refractivity contribution in [1.82, 2.24) is 5.32 Å². The number of halogens is 2. The number of amides is 1. The molecule has 0 spiro atoms. The van der Waals surface area contributed by atoms with Crippen molar-refractivity contribution in [3.63, 3.8) is 0 Å². The molecule has 20 heavy (non-hydrogen) atoms. The molecule has 2 rings (SSSR count). The molecular weight excluding hydrogens is 293 g/mol. The van der Waals surface area contributed by atoms with E-state index in [9.17, 15) is 4.79 Å². The van der Waals surface area contributed by atoms with Gasteiger partial charge < -0.3 is 5.32 Å². The number of hydrogen-bond donors (Lipinski definition) is 1. The van der Waals surface area contributed by atoms with Crippen LogP contribution in [0.25, 0.3) is 0 Å². The van der Waals surface area contributed by atoms with Crippen molar-refractivity contribution in [2.45, 2.75) is 39.0 Å². The topological polar surface area (TPSA) is 29.1 Å². The fourth-order valence-electron chi connectivity index (χ4n) is 2.90. The number of hydrogen-bond acceptors (Lipinski definition) is 1. The SMILES string of the molecule is Cc1cc(Cl)ccc1C(=O)NCC1(CCl)CCCCC1.